The highest BCUT2D eigenvalue weighted by Gasteiger charge is 2.05. The number of aryl methyl sites for hydroxylation is 1. The van der Waals surface area contributed by atoms with Crippen molar-refractivity contribution in [1.29, 1.82) is 0 Å². The molecule has 0 saturated heterocycles. The number of aromatic nitrogens is 2. The second-order valence-corrected chi connectivity index (χ2v) is 5.69. The topological polar surface area (TPSA) is 66.9 Å². The summed E-state index contributed by atoms with van der Waals surface area (Å²) in [5, 5.41) is 14.0. The molecule has 3 aromatic rings. The smallest absolute Gasteiger partial charge is 0.251 e. The van der Waals surface area contributed by atoms with Crippen molar-refractivity contribution in [3.05, 3.63) is 78.0 Å². The van der Waals surface area contributed by atoms with Crippen LogP contribution < -0.4 is 10.6 Å². The van der Waals surface area contributed by atoms with Gasteiger partial charge in [-0.3, -0.25) is 4.79 Å². The molecule has 0 bridgehead atoms. The molecule has 0 aliphatic heterocycles. The predicted octanol–water partition coefficient (Wildman–Crippen LogP) is 3.29. The summed E-state index contributed by atoms with van der Waals surface area (Å²) in [5.74, 6) is 0.614. The normalized spacial score (nSPS) is 10.3. The van der Waals surface area contributed by atoms with Crippen LogP contribution in [-0.2, 0) is 0 Å². The average Bonchev–Trinajstić information content (AvgIpc) is 2.67. The van der Waals surface area contributed by atoms with Crippen LogP contribution in [0.25, 0.3) is 11.1 Å². The summed E-state index contributed by atoms with van der Waals surface area (Å²) in [6.07, 6.45) is 0. The minimum atomic E-state index is -0.0867. The number of nitrogens with zero attached hydrogens (tertiary/aromatic N) is 2. The zero-order valence-electron chi connectivity index (χ0n) is 14.1. The van der Waals surface area contributed by atoms with E-state index in [0.717, 1.165) is 16.8 Å². The van der Waals surface area contributed by atoms with E-state index < -0.39 is 0 Å². The molecule has 0 radical (unpaired) electrons. The number of carbonyl (C=O) groups is 1. The van der Waals surface area contributed by atoms with Gasteiger partial charge in [0, 0.05) is 18.7 Å². The van der Waals surface area contributed by atoms with Crippen LogP contribution in [0.4, 0.5) is 5.82 Å². The first-order chi connectivity index (χ1) is 12.2. The number of amides is 1. The van der Waals surface area contributed by atoms with Crippen molar-refractivity contribution in [3.8, 4) is 11.1 Å². The summed E-state index contributed by atoms with van der Waals surface area (Å²) in [4.78, 5) is 12.2. The van der Waals surface area contributed by atoms with Crippen molar-refractivity contribution >= 4 is 11.7 Å². The standard InChI is InChI=1S/C20H20N4O/c1-15-7-12-19(24-23-15)21-13-14-22-20(25)18-10-8-17(9-11-18)16-5-3-2-4-6-16/h2-12H,13-14H2,1H3,(H,21,24)(H,22,25). The van der Waals surface area contributed by atoms with E-state index in [4.69, 9.17) is 0 Å². The van der Waals surface area contributed by atoms with Crippen LogP contribution in [0.1, 0.15) is 16.1 Å². The van der Waals surface area contributed by atoms with E-state index in [1.165, 1.54) is 0 Å². The molecule has 0 fully saturated rings. The number of hydrogen-bond acceptors (Lipinski definition) is 4. The average molecular weight is 332 g/mol. The highest BCUT2D eigenvalue weighted by atomic mass is 16.1. The van der Waals surface area contributed by atoms with Gasteiger partial charge in [0.1, 0.15) is 5.82 Å². The van der Waals surface area contributed by atoms with Crippen molar-refractivity contribution in [1.82, 2.24) is 15.5 Å². The van der Waals surface area contributed by atoms with Crippen molar-refractivity contribution in [2.75, 3.05) is 18.4 Å². The third-order valence-corrected chi connectivity index (χ3v) is 3.77. The number of hydrogen-bond donors (Lipinski definition) is 2. The summed E-state index contributed by atoms with van der Waals surface area (Å²) < 4.78 is 0. The summed E-state index contributed by atoms with van der Waals surface area (Å²) >= 11 is 0. The Balaban J connectivity index is 1.49. The minimum Gasteiger partial charge on any atom is -0.367 e. The Morgan fingerprint density at radius 3 is 2.24 bits per heavy atom. The van der Waals surface area contributed by atoms with Crippen LogP contribution in [0.5, 0.6) is 0 Å². The van der Waals surface area contributed by atoms with Gasteiger partial charge in [-0.25, -0.2) is 0 Å². The summed E-state index contributed by atoms with van der Waals surface area (Å²) in [7, 11) is 0. The van der Waals surface area contributed by atoms with Crippen LogP contribution >= 0.6 is 0 Å². The molecule has 0 aliphatic rings. The molecule has 1 amide bonds. The molecule has 25 heavy (non-hydrogen) atoms. The van der Waals surface area contributed by atoms with Gasteiger partial charge in [0.15, 0.2) is 0 Å². The Morgan fingerprint density at radius 2 is 1.56 bits per heavy atom. The quantitative estimate of drug-likeness (QED) is 0.680. The van der Waals surface area contributed by atoms with Gasteiger partial charge in [-0.15, -0.1) is 5.10 Å². The van der Waals surface area contributed by atoms with Gasteiger partial charge >= 0.3 is 0 Å². The minimum absolute atomic E-state index is 0.0867. The SMILES string of the molecule is Cc1ccc(NCCNC(=O)c2ccc(-c3ccccc3)cc2)nn1. The first-order valence-electron chi connectivity index (χ1n) is 8.20. The summed E-state index contributed by atoms with van der Waals surface area (Å²) in [6.45, 7) is 2.99. The number of benzene rings is 2. The van der Waals surface area contributed by atoms with Gasteiger partial charge < -0.3 is 10.6 Å². The number of rotatable bonds is 6. The van der Waals surface area contributed by atoms with Crippen LogP contribution in [0, 0.1) is 6.92 Å². The maximum atomic E-state index is 12.2. The molecular weight excluding hydrogens is 312 g/mol. The highest BCUT2D eigenvalue weighted by Crippen LogP contribution is 2.19. The molecular formula is C20H20N4O. The Bertz CT molecular complexity index is 815. The fourth-order valence-corrected chi connectivity index (χ4v) is 2.41. The fourth-order valence-electron chi connectivity index (χ4n) is 2.41. The maximum absolute atomic E-state index is 12.2. The van der Waals surface area contributed by atoms with Gasteiger partial charge in [-0.05, 0) is 42.3 Å². The molecule has 2 N–H and O–H groups in total. The third-order valence-electron chi connectivity index (χ3n) is 3.77. The molecule has 5 nitrogen and oxygen atoms in total. The lowest BCUT2D eigenvalue weighted by Crippen LogP contribution is -2.28. The predicted molar refractivity (Wildman–Crippen MR) is 99.5 cm³/mol. The molecule has 126 valence electrons. The van der Waals surface area contributed by atoms with Gasteiger partial charge in [0.25, 0.3) is 5.91 Å². The van der Waals surface area contributed by atoms with E-state index in [-0.39, 0.29) is 5.91 Å². The van der Waals surface area contributed by atoms with Crippen molar-refractivity contribution < 1.29 is 4.79 Å². The van der Waals surface area contributed by atoms with Gasteiger partial charge in [-0.1, -0.05) is 42.5 Å². The number of anilines is 1. The van der Waals surface area contributed by atoms with E-state index in [1.807, 2.05) is 61.5 Å². The second-order valence-electron chi connectivity index (χ2n) is 5.69. The van der Waals surface area contributed by atoms with E-state index in [2.05, 4.69) is 33.0 Å². The number of nitrogens with one attached hydrogen (secondary N) is 2. The lowest BCUT2D eigenvalue weighted by molar-refractivity contribution is 0.0955. The Labute approximate surface area is 147 Å². The Hall–Kier alpha value is -3.21. The molecule has 0 aliphatic carbocycles. The lowest BCUT2D eigenvalue weighted by atomic mass is 10.0. The molecule has 0 unspecified atom stereocenters. The molecule has 0 spiro atoms. The monoisotopic (exact) mass is 332 g/mol. The van der Waals surface area contributed by atoms with Crippen LogP contribution in [0.3, 0.4) is 0 Å². The molecule has 0 atom stereocenters. The van der Waals surface area contributed by atoms with Crippen LogP contribution in [0.2, 0.25) is 0 Å². The van der Waals surface area contributed by atoms with Crippen molar-refractivity contribution in [2.24, 2.45) is 0 Å². The zero-order valence-corrected chi connectivity index (χ0v) is 14.1. The summed E-state index contributed by atoms with van der Waals surface area (Å²) in [5.41, 5.74) is 3.75. The fraction of sp³-hybridized carbons (Fsp3) is 0.150. The molecule has 1 heterocycles. The maximum Gasteiger partial charge on any atom is 0.251 e. The highest BCUT2D eigenvalue weighted by molar-refractivity contribution is 5.94. The van der Waals surface area contributed by atoms with Crippen molar-refractivity contribution in [2.45, 2.75) is 6.92 Å². The first-order valence-corrected chi connectivity index (χ1v) is 8.20. The Morgan fingerprint density at radius 1 is 0.840 bits per heavy atom. The zero-order chi connectivity index (χ0) is 17.5. The number of carbonyl (C=O) groups excluding carboxylic acids is 1. The second kappa shape index (κ2) is 8.06. The van der Waals surface area contributed by atoms with Crippen molar-refractivity contribution in [3.63, 3.8) is 0 Å². The molecule has 2 aromatic carbocycles. The van der Waals surface area contributed by atoms with E-state index >= 15 is 0 Å². The van der Waals surface area contributed by atoms with Crippen LogP contribution in [-0.4, -0.2) is 29.2 Å². The molecule has 0 saturated carbocycles. The lowest BCUT2D eigenvalue weighted by Gasteiger charge is -2.08. The Kier molecular flexibility index (Phi) is 5.36. The van der Waals surface area contributed by atoms with Gasteiger partial charge in [0.2, 0.25) is 0 Å². The third kappa shape index (κ3) is 4.64. The van der Waals surface area contributed by atoms with Gasteiger partial charge in [0.05, 0.1) is 5.69 Å². The molecule has 1 aromatic heterocycles. The molecule has 5 heteroatoms. The van der Waals surface area contributed by atoms with E-state index in [9.17, 15) is 4.79 Å². The molecule has 3 rings (SSSR count). The van der Waals surface area contributed by atoms with E-state index in [0.29, 0.717) is 24.5 Å². The van der Waals surface area contributed by atoms with Crippen LogP contribution in [0.15, 0.2) is 66.7 Å². The largest absolute Gasteiger partial charge is 0.367 e. The van der Waals surface area contributed by atoms with Gasteiger partial charge in [-0.2, -0.15) is 5.10 Å². The summed E-state index contributed by atoms with van der Waals surface area (Å²) in [6, 6.07) is 21.5. The first kappa shape index (κ1) is 16.6. The van der Waals surface area contributed by atoms with E-state index in [1.54, 1.807) is 0 Å².